The number of benzene rings is 1. The summed E-state index contributed by atoms with van der Waals surface area (Å²) in [7, 11) is 0. The van der Waals surface area contributed by atoms with Gasteiger partial charge >= 0.3 is 0 Å². The maximum atomic E-state index is 12.3. The maximum absolute atomic E-state index is 12.3. The summed E-state index contributed by atoms with van der Waals surface area (Å²) in [6.45, 7) is 0. The Morgan fingerprint density at radius 1 is 1.25 bits per heavy atom. The first-order valence-corrected chi connectivity index (χ1v) is 7.20. The Morgan fingerprint density at radius 3 is 2.60 bits per heavy atom. The van der Waals surface area contributed by atoms with Crippen LogP contribution in [0.2, 0.25) is 0 Å². The average Bonchev–Trinajstić information content (AvgIpc) is 2.88. The predicted molar refractivity (Wildman–Crippen MR) is 73.0 cm³/mol. The second-order valence-electron chi connectivity index (χ2n) is 6.31. The molecular weight excluding hydrogens is 256 g/mol. The standard InChI is InChI=1S/C15H16N2O3/c18-15(14-12-8-4-5-9(6-8)13(12)14)16-10-2-1-3-11(7-10)17(19)20/h1-3,7-9,12-14H,4-6H2,(H,16,18)/t8-,9-,12+,13+/m0/s1. The highest BCUT2D eigenvalue weighted by Crippen LogP contribution is 2.69. The van der Waals surface area contributed by atoms with Crippen LogP contribution in [0.4, 0.5) is 11.4 Å². The number of non-ortho nitro benzene ring substituents is 1. The van der Waals surface area contributed by atoms with Crippen LogP contribution in [0.25, 0.3) is 0 Å². The highest BCUT2D eigenvalue weighted by atomic mass is 16.6. The third-order valence-electron chi connectivity index (χ3n) is 5.36. The summed E-state index contributed by atoms with van der Waals surface area (Å²) in [6.07, 6.45) is 3.88. The molecule has 3 aliphatic carbocycles. The lowest BCUT2D eigenvalue weighted by Crippen LogP contribution is -2.18. The molecular formula is C15H16N2O3. The quantitative estimate of drug-likeness (QED) is 0.679. The van der Waals surface area contributed by atoms with Gasteiger partial charge in [-0.1, -0.05) is 6.07 Å². The first-order chi connectivity index (χ1) is 9.65. The van der Waals surface area contributed by atoms with Crippen LogP contribution in [0.5, 0.6) is 0 Å². The van der Waals surface area contributed by atoms with Crippen LogP contribution < -0.4 is 5.32 Å². The van der Waals surface area contributed by atoms with Gasteiger partial charge < -0.3 is 5.32 Å². The number of nitro groups is 1. The third-order valence-corrected chi connectivity index (χ3v) is 5.36. The molecule has 0 unspecified atom stereocenters. The fourth-order valence-electron chi connectivity index (χ4n) is 4.60. The lowest BCUT2D eigenvalue weighted by atomic mass is 10.0. The molecule has 0 heterocycles. The van der Waals surface area contributed by atoms with Crippen molar-refractivity contribution < 1.29 is 9.72 Å². The van der Waals surface area contributed by atoms with Gasteiger partial charge in [0.25, 0.3) is 5.69 Å². The number of amides is 1. The highest BCUT2D eigenvalue weighted by molar-refractivity contribution is 5.95. The topological polar surface area (TPSA) is 72.2 Å². The fourth-order valence-corrected chi connectivity index (χ4v) is 4.60. The van der Waals surface area contributed by atoms with Gasteiger partial charge in [-0.2, -0.15) is 0 Å². The third kappa shape index (κ3) is 1.65. The number of fused-ring (bicyclic) bond motifs is 5. The summed E-state index contributed by atoms with van der Waals surface area (Å²) in [5, 5.41) is 13.6. The van der Waals surface area contributed by atoms with Crippen molar-refractivity contribution in [3.05, 3.63) is 34.4 Å². The number of nitrogens with one attached hydrogen (secondary N) is 1. The molecule has 1 amide bonds. The van der Waals surface area contributed by atoms with Gasteiger partial charge in [0.15, 0.2) is 0 Å². The molecule has 0 spiro atoms. The lowest BCUT2D eigenvalue weighted by molar-refractivity contribution is -0.384. The molecule has 104 valence electrons. The van der Waals surface area contributed by atoms with E-state index in [0.29, 0.717) is 17.5 Å². The molecule has 2 bridgehead atoms. The first kappa shape index (κ1) is 11.9. The maximum Gasteiger partial charge on any atom is 0.271 e. The molecule has 0 aliphatic heterocycles. The van der Waals surface area contributed by atoms with Crippen molar-refractivity contribution in [3.63, 3.8) is 0 Å². The van der Waals surface area contributed by atoms with E-state index in [9.17, 15) is 14.9 Å². The SMILES string of the molecule is O=C(Nc1cccc([N+](=O)[O-])c1)C1[C@@H]2[C@H]3CC[C@@H](C3)[C@@H]12. The summed E-state index contributed by atoms with van der Waals surface area (Å²) in [6, 6.07) is 6.16. The Labute approximate surface area is 116 Å². The normalized spacial score (nSPS) is 36.5. The molecule has 4 atom stereocenters. The summed E-state index contributed by atoms with van der Waals surface area (Å²) >= 11 is 0. The lowest BCUT2D eigenvalue weighted by Gasteiger charge is -2.09. The van der Waals surface area contributed by atoms with Gasteiger partial charge in [-0.15, -0.1) is 0 Å². The molecule has 1 N–H and O–H groups in total. The van der Waals surface area contributed by atoms with Crippen LogP contribution in [0, 0.1) is 39.7 Å². The van der Waals surface area contributed by atoms with Gasteiger partial charge in [-0.05, 0) is 49.0 Å². The molecule has 0 radical (unpaired) electrons. The smallest absolute Gasteiger partial charge is 0.271 e. The number of rotatable bonds is 3. The van der Waals surface area contributed by atoms with Crippen LogP contribution in [-0.2, 0) is 4.79 Å². The molecule has 1 aromatic rings. The Kier molecular flexibility index (Phi) is 2.40. The molecule has 5 heteroatoms. The summed E-state index contributed by atoms with van der Waals surface area (Å²) in [4.78, 5) is 22.6. The number of nitrogens with zero attached hydrogens (tertiary/aromatic N) is 1. The Hall–Kier alpha value is -1.91. The molecule has 5 nitrogen and oxygen atoms in total. The van der Waals surface area contributed by atoms with Crippen molar-refractivity contribution in [2.75, 3.05) is 5.32 Å². The summed E-state index contributed by atoms with van der Waals surface area (Å²) in [5.74, 6) is 2.90. The molecule has 20 heavy (non-hydrogen) atoms. The van der Waals surface area contributed by atoms with E-state index in [1.165, 1.54) is 31.4 Å². The summed E-state index contributed by atoms with van der Waals surface area (Å²) < 4.78 is 0. The molecule has 1 aromatic carbocycles. The van der Waals surface area contributed by atoms with Gasteiger partial charge in [0.05, 0.1) is 4.92 Å². The van der Waals surface area contributed by atoms with Crippen LogP contribution in [-0.4, -0.2) is 10.8 Å². The number of carbonyl (C=O) groups is 1. The molecule has 4 rings (SSSR count). The monoisotopic (exact) mass is 272 g/mol. The van der Waals surface area contributed by atoms with Crippen LogP contribution in [0.15, 0.2) is 24.3 Å². The van der Waals surface area contributed by atoms with Gasteiger partial charge in [0.1, 0.15) is 0 Å². The summed E-state index contributed by atoms with van der Waals surface area (Å²) in [5.41, 5.74) is 0.542. The zero-order valence-electron chi connectivity index (χ0n) is 11.0. The van der Waals surface area contributed by atoms with Gasteiger partial charge in [0, 0.05) is 23.7 Å². The van der Waals surface area contributed by atoms with Crippen molar-refractivity contribution in [2.45, 2.75) is 19.3 Å². The number of nitro benzene ring substituents is 1. The highest BCUT2D eigenvalue weighted by Gasteiger charge is 2.67. The van der Waals surface area contributed by atoms with Crippen molar-refractivity contribution in [1.82, 2.24) is 0 Å². The predicted octanol–water partition coefficient (Wildman–Crippen LogP) is 2.83. The molecule has 3 fully saturated rings. The largest absolute Gasteiger partial charge is 0.326 e. The Morgan fingerprint density at radius 2 is 1.95 bits per heavy atom. The number of anilines is 1. The van der Waals surface area contributed by atoms with E-state index in [4.69, 9.17) is 0 Å². The van der Waals surface area contributed by atoms with E-state index in [1.54, 1.807) is 12.1 Å². The van der Waals surface area contributed by atoms with E-state index < -0.39 is 4.92 Å². The molecule has 0 saturated heterocycles. The average molecular weight is 272 g/mol. The zero-order valence-corrected chi connectivity index (χ0v) is 11.0. The van der Waals surface area contributed by atoms with Crippen molar-refractivity contribution in [2.24, 2.45) is 29.6 Å². The van der Waals surface area contributed by atoms with Crippen LogP contribution in [0.1, 0.15) is 19.3 Å². The van der Waals surface area contributed by atoms with E-state index in [0.717, 1.165) is 11.8 Å². The second kappa shape index (κ2) is 4.04. The van der Waals surface area contributed by atoms with Gasteiger partial charge in [-0.3, -0.25) is 14.9 Å². The number of hydrogen-bond donors (Lipinski definition) is 1. The minimum absolute atomic E-state index is 0.0128. The fraction of sp³-hybridized carbons (Fsp3) is 0.533. The van der Waals surface area contributed by atoms with Crippen molar-refractivity contribution >= 4 is 17.3 Å². The van der Waals surface area contributed by atoms with E-state index in [1.807, 2.05) is 0 Å². The minimum atomic E-state index is -0.443. The van der Waals surface area contributed by atoms with Crippen molar-refractivity contribution in [1.29, 1.82) is 0 Å². The van der Waals surface area contributed by atoms with E-state index in [-0.39, 0.29) is 17.5 Å². The van der Waals surface area contributed by atoms with E-state index in [2.05, 4.69) is 5.32 Å². The van der Waals surface area contributed by atoms with Crippen LogP contribution in [0.3, 0.4) is 0 Å². The molecule has 0 aromatic heterocycles. The Balaban J connectivity index is 1.46. The van der Waals surface area contributed by atoms with E-state index >= 15 is 0 Å². The van der Waals surface area contributed by atoms with Crippen molar-refractivity contribution in [3.8, 4) is 0 Å². The first-order valence-electron chi connectivity index (χ1n) is 7.20. The van der Waals surface area contributed by atoms with Gasteiger partial charge in [-0.25, -0.2) is 0 Å². The Bertz CT molecular complexity index is 585. The van der Waals surface area contributed by atoms with Crippen LogP contribution >= 0.6 is 0 Å². The zero-order chi connectivity index (χ0) is 13.9. The second-order valence-corrected chi connectivity index (χ2v) is 6.31. The minimum Gasteiger partial charge on any atom is -0.326 e. The molecule has 3 aliphatic rings. The van der Waals surface area contributed by atoms with Gasteiger partial charge in [0.2, 0.25) is 5.91 Å². The number of carbonyl (C=O) groups excluding carboxylic acids is 1. The number of hydrogen-bond acceptors (Lipinski definition) is 3. The molecule has 3 saturated carbocycles.